The summed E-state index contributed by atoms with van der Waals surface area (Å²) in [5.74, 6) is 0.771. The van der Waals surface area contributed by atoms with Crippen molar-refractivity contribution in [3.8, 4) is 0 Å². The molecule has 1 aliphatic heterocycles. The molecule has 0 aromatic heterocycles. The quantitative estimate of drug-likeness (QED) is 0.612. The van der Waals surface area contributed by atoms with Crippen LogP contribution in [-0.2, 0) is 0 Å². The lowest BCUT2D eigenvalue weighted by Crippen LogP contribution is -2.19. The lowest BCUT2D eigenvalue weighted by atomic mass is 10.1. The summed E-state index contributed by atoms with van der Waals surface area (Å²) in [7, 11) is 0. The minimum absolute atomic E-state index is 0.0267. The van der Waals surface area contributed by atoms with Crippen molar-refractivity contribution >= 4 is 17.2 Å². The summed E-state index contributed by atoms with van der Waals surface area (Å²) in [5.41, 5.74) is 8.22. The molecule has 0 radical (unpaired) electrons. The van der Waals surface area contributed by atoms with Crippen LogP contribution in [0.4, 0.5) is 11.4 Å². The number of Topliss-reactive ketones (excluding diaryl/α,β-unsaturated/α-hetero) is 1. The fourth-order valence-electron chi connectivity index (χ4n) is 2.24. The Labute approximate surface area is 96.2 Å². The van der Waals surface area contributed by atoms with Crippen molar-refractivity contribution in [3.63, 3.8) is 0 Å². The van der Waals surface area contributed by atoms with Crippen molar-refractivity contribution in [1.82, 2.24) is 0 Å². The minimum Gasteiger partial charge on any atom is -0.398 e. The first kappa shape index (κ1) is 11.0. The van der Waals surface area contributed by atoms with Crippen LogP contribution in [0.25, 0.3) is 0 Å². The van der Waals surface area contributed by atoms with Gasteiger partial charge in [0.15, 0.2) is 5.78 Å². The van der Waals surface area contributed by atoms with Gasteiger partial charge in [-0.05, 0) is 37.5 Å². The standard InChI is InChI=1S/C13H18N2O/c1-9-5-6-15(8-9)11-3-4-12(10(2)16)13(14)7-11/h3-4,7,9H,5-6,8,14H2,1-2H3. The highest BCUT2D eigenvalue weighted by Crippen LogP contribution is 2.26. The van der Waals surface area contributed by atoms with Crippen LogP contribution in [0.15, 0.2) is 18.2 Å². The summed E-state index contributed by atoms with van der Waals surface area (Å²) in [6, 6.07) is 5.73. The average molecular weight is 218 g/mol. The van der Waals surface area contributed by atoms with Gasteiger partial charge in [-0.1, -0.05) is 6.92 Å². The van der Waals surface area contributed by atoms with Crippen molar-refractivity contribution in [1.29, 1.82) is 0 Å². The minimum atomic E-state index is 0.0267. The van der Waals surface area contributed by atoms with E-state index in [4.69, 9.17) is 5.73 Å². The van der Waals surface area contributed by atoms with E-state index < -0.39 is 0 Å². The third-order valence-corrected chi connectivity index (χ3v) is 3.20. The van der Waals surface area contributed by atoms with Crippen molar-refractivity contribution in [2.24, 2.45) is 5.92 Å². The molecule has 2 rings (SSSR count). The highest BCUT2D eigenvalue weighted by molar-refractivity contribution is 5.99. The second-order valence-electron chi connectivity index (χ2n) is 4.67. The highest BCUT2D eigenvalue weighted by atomic mass is 16.1. The third kappa shape index (κ3) is 2.03. The van der Waals surface area contributed by atoms with Gasteiger partial charge in [-0.15, -0.1) is 0 Å². The summed E-state index contributed by atoms with van der Waals surface area (Å²) in [6.45, 7) is 5.97. The molecule has 3 heteroatoms. The predicted molar refractivity (Wildman–Crippen MR) is 66.9 cm³/mol. The Kier molecular flexibility index (Phi) is 2.86. The molecule has 0 bridgehead atoms. The number of rotatable bonds is 2. The first-order chi connectivity index (χ1) is 7.58. The molecule has 1 fully saturated rings. The second-order valence-corrected chi connectivity index (χ2v) is 4.67. The summed E-state index contributed by atoms with van der Waals surface area (Å²) >= 11 is 0. The molecule has 0 spiro atoms. The lowest BCUT2D eigenvalue weighted by Gasteiger charge is -2.19. The van der Waals surface area contributed by atoms with Gasteiger partial charge in [-0.2, -0.15) is 0 Å². The zero-order chi connectivity index (χ0) is 11.7. The van der Waals surface area contributed by atoms with E-state index in [9.17, 15) is 4.79 Å². The molecule has 0 aliphatic carbocycles. The van der Waals surface area contributed by atoms with Crippen molar-refractivity contribution < 1.29 is 4.79 Å². The molecule has 1 atom stereocenters. The molecular weight excluding hydrogens is 200 g/mol. The van der Waals surface area contributed by atoms with Gasteiger partial charge in [0.1, 0.15) is 0 Å². The van der Waals surface area contributed by atoms with E-state index in [0.29, 0.717) is 11.3 Å². The number of nitrogen functional groups attached to an aromatic ring is 1. The topological polar surface area (TPSA) is 46.3 Å². The number of benzene rings is 1. The SMILES string of the molecule is CC(=O)c1ccc(N2CCC(C)C2)cc1N. The smallest absolute Gasteiger partial charge is 0.161 e. The van der Waals surface area contributed by atoms with E-state index >= 15 is 0 Å². The average Bonchev–Trinajstić information content (AvgIpc) is 2.64. The number of carbonyl (C=O) groups is 1. The van der Waals surface area contributed by atoms with Gasteiger partial charge < -0.3 is 10.6 Å². The molecule has 1 unspecified atom stereocenters. The normalized spacial score (nSPS) is 20.1. The zero-order valence-corrected chi connectivity index (χ0v) is 9.86. The molecule has 1 saturated heterocycles. The first-order valence-corrected chi connectivity index (χ1v) is 5.73. The lowest BCUT2D eigenvalue weighted by molar-refractivity contribution is 0.101. The number of nitrogens with two attached hydrogens (primary N) is 1. The molecule has 2 N–H and O–H groups in total. The van der Waals surface area contributed by atoms with Crippen LogP contribution >= 0.6 is 0 Å². The van der Waals surface area contributed by atoms with Crippen LogP contribution in [0.2, 0.25) is 0 Å². The predicted octanol–water partition coefficient (Wildman–Crippen LogP) is 2.32. The Hall–Kier alpha value is -1.51. The van der Waals surface area contributed by atoms with E-state index in [1.54, 1.807) is 6.92 Å². The Morgan fingerprint density at radius 1 is 1.50 bits per heavy atom. The number of nitrogens with zero attached hydrogens (tertiary/aromatic N) is 1. The molecule has 86 valence electrons. The maximum atomic E-state index is 11.3. The van der Waals surface area contributed by atoms with Crippen molar-refractivity contribution in [3.05, 3.63) is 23.8 Å². The van der Waals surface area contributed by atoms with Crippen LogP contribution in [0.1, 0.15) is 30.6 Å². The van der Waals surface area contributed by atoms with Gasteiger partial charge in [0.05, 0.1) is 0 Å². The van der Waals surface area contributed by atoms with Crippen LogP contribution in [-0.4, -0.2) is 18.9 Å². The molecule has 1 aromatic carbocycles. The van der Waals surface area contributed by atoms with Crippen LogP contribution in [0, 0.1) is 5.92 Å². The molecule has 0 saturated carbocycles. The van der Waals surface area contributed by atoms with Gasteiger partial charge in [0.25, 0.3) is 0 Å². The van der Waals surface area contributed by atoms with Crippen molar-refractivity contribution in [2.45, 2.75) is 20.3 Å². The van der Waals surface area contributed by atoms with Crippen molar-refractivity contribution in [2.75, 3.05) is 23.7 Å². The van der Waals surface area contributed by atoms with Gasteiger partial charge in [-0.25, -0.2) is 0 Å². The van der Waals surface area contributed by atoms with E-state index in [1.165, 1.54) is 6.42 Å². The van der Waals surface area contributed by atoms with Gasteiger partial charge in [-0.3, -0.25) is 4.79 Å². The molecule has 3 nitrogen and oxygen atoms in total. The van der Waals surface area contributed by atoms with Crippen LogP contribution in [0.5, 0.6) is 0 Å². The zero-order valence-electron chi connectivity index (χ0n) is 9.86. The first-order valence-electron chi connectivity index (χ1n) is 5.73. The fourth-order valence-corrected chi connectivity index (χ4v) is 2.24. The molecule has 1 aromatic rings. The van der Waals surface area contributed by atoms with Crippen LogP contribution < -0.4 is 10.6 Å². The summed E-state index contributed by atoms with van der Waals surface area (Å²) in [5, 5.41) is 0. The molecule has 1 heterocycles. The molecule has 0 amide bonds. The Morgan fingerprint density at radius 2 is 2.25 bits per heavy atom. The Morgan fingerprint density at radius 3 is 2.75 bits per heavy atom. The van der Waals surface area contributed by atoms with E-state index in [1.807, 2.05) is 18.2 Å². The van der Waals surface area contributed by atoms with E-state index in [2.05, 4.69) is 11.8 Å². The highest BCUT2D eigenvalue weighted by Gasteiger charge is 2.19. The Balaban J connectivity index is 2.24. The number of hydrogen-bond acceptors (Lipinski definition) is 3. The van der Waals surface area contributed by atoms with Gasteiger partial charge >= 0.3 is 0 Å². The summed E-state index contributed by atoms with van der Waals surface area (Å²) in [6.07, 6.45) is 1.23. The third-order valence-electron chi connectivity index (χ3n) is 3.20. The number of hydrogen-bond donors (Lipinski definition) is 1. The molecule has 1 aliphatic rings. The van der Waals surface area contributed by atoms with E-state index in [-0.39, 0.29) is 5.78 Å². The second kappa shape index (κ2) is 4.16. The molecular formula is C13H18N2O. The van der Waals surface area contributed by atoms with Crippen LogP contribution in [0.3, 0.4) is 0 Å². The summed E-state index contributed by atoms with van der Waals surface area (Å²) < 4.78 is 0. The monoisotopic (exact) mass is 218 g/mol. The Bertz CT molecular complexity index is 414. The summed E-state index contributed by atoms with van der Waals surface area (Å²) in [4.78, 5) is 13.6. The largest absolute Gasteiger partial charge is 0.398 e. The number of carbonyl (C=O) groups excluding carboxylic acids is 1. The molecule has 16 heavy (non-hydrogen) atoms. The maximum absolute atomic E-state index is 11.3. The number of anilines is 2. The number of ketones is 1. The fraction of sp³-hybridized carbons (Fsp3) is 0.462. The maximum Gasteiger partial charge on any atom is 0.161 e. The van der Waals surface area contributed by atoms with Gasteiger partial charge in [0.2, 0.25) is 0 Å². The van der Waals surface area contributed by atoms with E-state index in [0.717, 1.165) is 24.7 Å². The van der Waals surface area contributed by atoms with Gasteiger partial charge in [0, 0.05) is 30.0 Å².